The van der Waals surface area contributed by atoms with Gasteiger partial charge in [-0.15, -0.1) is 49.0 Å². The number of carboxylic acids is 1. The molecule has 0 spiro atoms. The van der Waals surface area contributed by atoms with E-state index in [1.165, 1.54) is 35.2 Å². The van der Waals surface area contributed by atoms with Crippen molar-refractivity contribution < 1.29 is 92.6 Å². The highest BCUT2D eigenvalue weighted by Crippen LogP contribution is 2.31. The number of aliphatic carboxylic acids is 1. The highest BCUT2D eigenvalue weighted by Gasteiger charge is 2.42. The smallest absolute Gasteiger partial charge is 0.319 e. The van der Waals surface area contributed by atoms with Crippen LogP contribution in [0.4, 0.5) is 56.4 Å². The first-order valence-electron chi connectivity index (χ1n) is 25.5. The fraction of sp³-hybridized carbons (Fsp3) is 0.878. The number of sulfone groups is 1. The molecule has 3 aliphatic rings. The molecule has 0 aliphatic carbocycles. The zero-order chi connectivity index (χ0) is 64.3. The number of ether oxygens (including phenoxy) is 3. The van der Waals surface area contributed by atoms with Gasteiger partial charge in [-0.2, -0.15) is 14.4 Å². The third-order valence-corrected chi connectivity index (χ3v) is 17.5. The predicted octanol–water partition coefficient (Wildman–Crippen LogP) is 11.3. The molecular formula is C49H94F11N13O9S3. The maximum absolute atomic E-state index is 12.7. The molecule has 3 atom stereocenters. The normalized spacial score (nSPS) is 16.4. The molecule has 0 saturated carbocycles. The average molecular weight is 1310 g/mol. The maximum atomic E-state index is 12.7. The van der Waals surface area contributed by atoms with Crippen molar-refractivity contribution in [2.45, 2.75) is 201 Å². The molecule has 3 aliphatic heterocycles. The Hall–Kier alpha value is -4.42. The number of hydrogen-bond acceptors (Lipinski definition) is 20. The summed E-state index contributed by atoms with van der Waals surface area (Å²) in [5, 5.41) is 44.4. The van der Waals surface area contributed by atoms with E-state index < -0.39 is 35.8 Å². The van der Waals surface area contributed by atoms with E-state index in [9.17, 15) is 22.8 Å². The molecule has 3 aromatic heterocycles. The van der Waals surface area contributed by atoms with Crippen LogP contribution in [0, 0.1) is 17.8 Å². The van der Waals surface area contributed by atoms with Crippen LogP contribution in [0.2, 0.25) is 0 Å². The van der Waals surface area contributed by atoms with Gasteiger partial charge in [-0.05, 0) is 187 Å². The molecule has 0 bridgehead atoms. The van der Waals surface area contributed by atoms with Gasteiger partial charge < -0.3 is 25.1 Å². The maximum Gasteiger partial charge on any atom is 0.319 e. The first-order chi connectivity index (χ1) is 38.1. The van der Waals surface area contributed by atoms with Gasteiger partial charge in [-0.3, -0.25) is 19.1 Å². The highest BCUT2D eigenvalue weighted by molar-refractivity contribution is 8.01. The van der Waals surface area contributed by atoms with Crippen LogP contribution in [0.3, 0.4) is 0 Å². The number of thioether (sulfide) groups is 2. The number of hydrogen-bond donors (Lipinski definition) is 2. The number of nitrogen functional groups attached to an aromatic ring is 1. The van der Waals surface area contributed by atoms with Crippen LogP contribution in [0.5, 0.6) is 0 Å². The van der Waals surface area contributed by atoms with Gasteiger partial charge in [-0.25, -0.2) is 8.42 Å². The third kappa shape index (κ3) is 35.2. The molecule has 0 amide bonds. The summed E-state index contributed by atoms with van der Waals surface area (Å²) in [7, 11) is -3.58. The van der Waals surface area contributed by atoms with E-state index in [1.54, 1.807) is 30.4 Å². The van der Waals surface area contributed by atoms with Gasteiger partial charge >= 0.3 is 5.97 Å². The first-order valence-corrected chi connectivity index (χ1v) is 29.2. The SMILES string of the molecule is C.C.CC(C)(C)n1nnc(CC(=O)C(C)(C)S(=O)(=O)CC[C@@H]2CCOC2)n1.CC(C)(C)n1nnc(N)n1.CC(C)(SCC[C@@H]1CCOC1)C(=O)Cc1nnn(C(C)(C)C)n1.CC(C)(SCC[C@@H]1CCOC1)C(=O)O.F.FF.FF.FF.FF.FF. The van der Waals surface area contributed by atoms with Gasteiger partial charge in [0.25, 0.3) is 5.95 Å². The number of carbonyl (C=O) groups is 3. The van der Waals surface area contributed by atoms with Gasteiger partial charge in [0.2, 0.25) is 0 Å². The minimum Gasteiger partial charge on any atom is -0.480 e. The summed E-state index contributed by atoms with van der Waals surface area (Å²) >= 11 is 3.24. The van der Waals surface area contributed by atoms with Gasteiger partial charge in [0, 0.05) is 85.4 Å². The number of aromatic nitrogens is 12. The van der Waals surface area contributed by atoms with Crippen LogP contribution in [0.25, 0.3) is 0 Å². The Labute approximate surface area is 501 Å². The van der Waals surface area contributed by atoms with E-state index in [1.807, 2.05) is 76.2 Å². The minimum absolute atomic E-state index is 0. The quantitative estimate of drug-likeness (QED) is 0.105. The standard InChI is InChI=1S/C16H28N4O4S.C16H28N4O2S.C10H18O3S.C5H11N5.2CH4.5F2.FH/c1-15(2,3)20-18-14(17-19-20)10-13(21)16(4,5)25(22,23)9-7-12-6-8-24-11-12;1-15(2,3)20-18-14(17-19-20)10-13(21)16(4,5)23-9-7-12-6-8-22-11-12;1-10(2,9(11)12)14-6-4-8-3-5-13-7-8;1-5(2,3)10-8-4(6)7-9-10;;;5*1-2;/h12H,6-11H2,1-5H3;12H,6-11H2,1-5H3;8H,3-7H2,1-2H3,(H,11,12);1-3H3,(H2,6,8);2*1H4;;;;;;1H/t2*12-;8-;;;;;;;;;/m000........./s1. The van der Waals surface area contributed by atoms with Crippen molar-refractivity contribution in [2.75, 3.05) is 62.6 Å². The number of anilines is 1. The predicted molar refractivity (Wildman–Crippen MR) is 307 cm³/mol. The van der Waals surface area contributed by atoms with Crippen molar-refractivity contribution in [2.24, 2.45) is 17.8 Å². The van der Waals surface area contributed by atoms with E-state index in [-0.39, 0.29) is 78.2 Å². The molecule has 0 radical (unpaired) electrons. The van der Waals surface area contributed by atoms with Crippen LogP contribution in [0.15, 0.2) is 0 Å². The second-order valence-electron chi connectivity index (χ2n) is 23.0. The summed E-state index contributed by atoms with van der Waals surface area (Å²) in [6.45, 7) is 32.9. The molecule has 0 aromatic carbocycles. The summed E-state index contributed by atoms with van der Waals surface area (Å²) in [5.41, 5.74) is 4.57. The van der Waals surface area contributed by atoms with Crippen molar-refractivity contribution in [3.05, 3.63) is 11.6 Å². The minimum atomic E-state index is -3.58. The summed E-state index contributed by atoms with van der Waals surface area (Å²) in [5.74, 6) is 3.41. The number of nitrogens with zero attached hydrogens (tertiary/aromatic N) is 12. The lowest BCUT2D eigenvalue weighted by atomic mass is 10.1. The highest BCUT2D eigenvalue weighted by atomic mass is 32.2. The lowest BCUT2D eigenvalue weighted by molar-refractivity contribution is -0.139. The van der Waals surface area contributed by atoms with Crippen LogP contribution in [-0.4, -0.2) is 163 Å². The molecule has 3 N–H and O–H groups in total. The lowest BCUT2D eigenvalue weighted by Gasteiger charge is -2.23. The van der Waals surface area contributed by atoms with Gasteiger partial charge in [0.05, 0.1) is 40.0 Å². The molecule has 3 fully saturated rings. The van der Waals surface area contributed by atoms with Crippen LogP contribution >= 0.6 is 23.5 Å². The average Bonchev–Trinajstić information content (AvgIpc) is 4.45. The monoisotopic (exact) mass is 1310 g/mol. The Morgan fingerprint density at radius 2 is 0.859 bits per heavy atom. The number of nitrogens with two attached hydrogens (primary N) is 1. The van der Waals surface area contributed by atoms with Gasteiger partial charge in [0.15, 0.2) is 33.1 Å². The van der Waals surface area contributed by atoms with Crippen molar-refractivity contribution >= 4 is 56.8 Å². The van der Waals surface area contributed by atoms with Gasteiger partial charge in [-0.1, -0.05) is 20.0 Å². The zero-order valence-electron chi connectivity index (χ0n) is 49.8. The van der Waals surface area contributed by atoms with Crippen molar-refractivity contribution in [1.29, 1.82) is 0 Å². The molecule has 3 saturated heterocycles. The van der Waals surface area contributed by atoms with E-state index >= 15 is 0 Å². The Morgan fingerprint density at radius 3 is 1.14 bits per heavy atom. The second kappa shape index (κ2) is 44.9. The molecule has 504 valence electrons. The molecule has 36 heteroatoms. The number of Topliss-reactive ketones (excluding diaryl/α,β-unsaturated/α-hetero) is 2. The van der Waals surface area contributed by atoms with E-state index in [4.69, 9.17) is 70.8 Å². The Bertz CT molecular complexity index is 2310. The summed E-state index contributed by atoms with van der Waals surface area (Å²) in [6, 6.07) is 0. The summed E-state index contributed by atoms with van der Waals surface area (Å²) < 4.78 is 119. The summed E-state index contributed by atoms with van der Waals surface area (Å²) in [6.07, 6.45) is 5.96. The molecule has 6 heterocycles. The Kier molecular flexibility index (Phi) is 48.5. The molecule has 3 aromatic rings. The topological polar surface area (TPSA) is 290 Å². The van der Waals surface area contributed by atoms with Crippen molar-refractivity contribution in [1.82, 2.24) is 60.6 Å². The number of carboxylic acid groups (broad SMARTS) is 1. The molecule has 85 heavy (non-hydrogen) atoms. The zero-order valence-corrected chi connectivity index (χ0v) is 52.3. The number of rotatable bonds is 19. The van der Waals surface area contributed by atoms with E-state index in [0.29, 0.717) is 37.3 Å². The Morgan fingerprint density at radius 1 is 0.541 bits per heavy atom. The number of carbonyl (C=O) groups excluding carboxylic acids is 2. The molecule has 22 nitrogen and oxygen atoms in total. The van der Waals surface area contributed by atoms with Crippen molar-refractivity contribution in [3.63, 3.8) is 0 Å². The number of ketones is 2. The fourth-order valence-corrected chi connectivity index (χ4v) is 10.6. The third-order valence-electron chi connectivity index (χ3n) is 12.3. The number of tetrazole rings is 3. The molecular weight excluding hydrogens is 1220 g/mol. The molecule has 0 unspecified atom stereocenters. The lowest BCUT2D eigenvalue weighted by Crippen LogP contribution is -2.43. The first kappa shape index (κ1) is 91.7. The largest absolute Gasteiger partial charge is 0.480 e. The number of halogens is 11. The van der Waals surface area contributed by atoms with E-state index in [0.717, 1.165) is 70.0 Å². The van der Waals surface area contributed by atoms with Gasteiger partial charge in [0.1, 0.15) is 9.49 Å². The molecule has 6 rings (SSSR count). The van der Waals surface area contributed by atoms with Crippen molar-refractivity contribution in [3.8, 4) is 0 Å². The summed E-state index contributed by atoms with van der Waals surface area (Å²) in [4.78, 5) is 40.5. The second-order valence-corrected chi connectivity index (χ2v) is 29.1. The fourth-order valence-electron chi connectivity index (χ4n) is 6.71. The van der Waals surface area contributed by atoms with Crippen LogP contribution < -0.4 is 5.73 Å². The van der Waals surface area contributed by atoms with Crippen LogP contribution in [-0.2, 0) is 67.9 Å². The van der Waals surface area contributed by atoms with Crippen LogP contribution in [0.1, 0.15) is 169 Å². The van der Waals surface area contributed by atoms with E-state index in [2.05, 4.69) is 46.2 Å². The Balaban J connectivity index is -0.000000239.